The van der Waals surface area contributed by atoms with E-state index in [-0.39, 0.29) is 0 Å². The van der Waals surface area contributed by atoms with Crippen LogP contribution in [-0.4, -0.2) is 14.8 Å². The van der Waals surface area contributed by atoms with Gasteiger partial charge in [0.15, 0.2) is 0 Å². The van der Waals surface area contributed by atoms with E-state index in [0.717, 1.165) is 27.9 Å². The molecule has 0 aliphatic carbocycles. The minimum absolute atomic E-state index is 0.380. The van der Waals surface area contributed by atoms with Crippen LogP contribution in [0.2, 0.25) is 0 Å². The molecule has 3 nitrogen and oxygen atoms in total. The molecule has 21 heavy (non-hydrogen) atoms. The van der Waals surface area contributed by atoms with E-state index in [9.17, 15) is 0 Å². The maximum Gasteiger partial charge on any atom is 0.106 e. The quantitative estimate of drug-likeness (QED) is 0.752. The van der Waals surface area contributed by atoms with Crippen LogP contribution in [0.1, 0.15) is 11.1 Å². The molecule has 0 spiro atoms. The van der Waals surface area contributed by atoms with Crippen molar-refractivity contribution in [2.75, 3.05) is 0 Å². The summed E-state index contributed by atoms with van der Waals surface area (Å²) in [4.78, 5) is 0.380. The number of rotatable bonds is 3. The lowest BCUT2D eigenvalue weighted by Gasteiger charge is -2.09. The monoisotopic (exact) mass is 293 g/mol. The van der Waals surface area contributed by atoms with Crippen LogP contribution < -0.4 is 5.73 Å². The zero-order chi connectivity index (χ0) is 14.8. The zero-order valence-electron chi connectivity index (χ0n) is 11.7. The highest BCUT2D eigenvalue weighted by Gasteiger charge is 2.09. The Morgan fingerprint density at radius 2 is 1.86 bits per heavy atom. The molecule has 1 aromatic heterocycles. The number of nitrogens with two attached hydrogens (primary N) is 1. The molecule has 2 N–H and O–H groups in total. The van der Waals surface area contributed by atoms with E-state index < -0.39 is 0 Å². The number of nitrogens with zero attached hydrogens (tertiary/aromatic N) is 2. The molecule has 0 amide bonds. The average Bonchev–Trinajstić information content (AvgIpc) is 2.97. The fourth-order valence-electron chi connectivity index (χ4n) is 2.28. The van der Waals surface area contributed by atoms with Gasteiger partial charge >= 0.3 is 0 Å². The normalized spacial score (nSPS) is 10.5. The van der Waals surface area contributed by atoms with Crippen LogP contribution in [0.25, 0.3) is 16.8 Å². The lowest BCUT2D eigenvalue weighted by Crippen LogP contribution is -2.14. The van der Waals surface area contributed by atoms with Crippen LogP contribution in [0.15, 0.2) is 60.9 Å². The van der Waals surface area contributed by atoms with Gasteiger partial charge in [0.05, 0.1) is 11.9 Å². The summed E-state index contributed by atoms with van der Waals surface area (Å²) in [5, 5.41) is 4.44. The highest BCUT2D eigenvalue weighted by Crippen LogP contribution is 2.22. The first-order chi connectivity index (χ1) is 10.1. The predicted octanol–water partition coefficient (Wildman–Crippen LogP) is 3.48. The highest BCUT2D eigenvalue weighted by atomic mass is 32.1. The first-order valence-electron chi connectivity index (χ1n) is 6.66. The highest BCUT2D eigenvalue weighted by molar-refractivity contribution is 7.80. The second-order valence-corrected chi connectivity index (χ2v) is 5.36. The van der Waals surface area contributed by atoms with Gasteiger partial charge in [0, 0.05) is 17.3 Å². The molecule has 0 radical (unpaired) electrons. The Labute approximate surface area is 129 Å². The minimum atomic E-state index is 0.380. The third-order valence-corrected chi connectivity index (χ3v) is 3.57. The van der Waals surface area contributed by atoms with Gasteiger partial charge in [0.25, 0.3) is 0 Å². The second kappa shape index (κ2) is 5.50. The van der Waals surface area contributed by atoms with Gasteiger partial charge in [-0.3, -0.25) is 0 Å². The third kappa shape index (κ3) is 2.71. The van der Waals surface area contributed by atoms with Crippen molar-refractivity contribution in [1.29, 1.82) is 0 Å². The molecule has 0 unspecified atom stereocenters. The van der Waals surface area contributed by atoms with Gasteiger partial charge in [0.1, 0.15) is 4.99 Å². The molecular formula is C17H15N3S. The number of aryl methyl sites for hydroxylation is 1. The smallest absolute Gasteiger partial charge is 0.106 e. The van der Waals surface area contributed by atoms with Crippen LogP contribution in [0.5, 0.6) is 0 Å². The standard InChI is InChI=1S/C17H15N3S/c1-12-7-8-16(15(9-12)17(18)21)20-11-14(10-19-20)13-5-3-2-4-6-13/h2-11H,1H3,(H2,18,21). The summed E-state index contributed by atoms with van der Waals surface area (Å²) >= 11 is 5.15. The Morgan fingerprint density at radius 3 is 2.57 bits per heavy atom. The Bertz CT molecular complexity index is 791. The molecule has 0 fully saturated rings. The molecule has 0 bridgehead atoms. The molecule has 0 aliphatic heterocycles. The summed E-state index contributed by atoms with van der Waals surface area (Å²) in [5.74, 6) is 0. The molecule has 0 saturated carbocycles. The van der Waals surface area contributed by atoms with Gasteiger partial charge in [-0.25, -0.2) is 4.68 Å². The summed E-state index contributed by atoms with van der Waals surface area (Å²) in [6.45, 7) is 2.02. The van der Waals surface area contributed by atoms with Crippen molar-refractivity contribution in [2.24, 2.45) is 5.73 Å². The summed E-state index contributed by atoms with van der Waals surface area (Å²) in [6.07, 6.45) is 3.83. The largest absolute Gasteiger partial charge is 0.389 e. The van der Waals surface area contributed by atoms with E-state index in [2.05, 4.69) is 17.2 Å². The SMILES string of the molecule is Cc1ccc(-n2cc(-c3ccccc3)cn2)c(C(N)=S)c1. The van der Waals surface area contributed by atoms with Gasteiger partial charge in [-0.1, -0.05) is 54.2 Å². The minimum Gasteiger partial charge on any atom is -0.389 e. The predicted molar refractivity (Wildman–Crippen MR) is 89.6 cm³/mol. The van der Waals surface area contributed by atoms with Crippen LogP contribution in [0.4, 0.5) is 0 Å². The van der Waals surface area contributed by atoms with Gasteiger partial charge in [-0.05, 0) is 24.6 Å². The molecule has 0 atom stereocenters. The first kappa shape index (κ1) is 13.5. The van der Waals surface area contributed by atoms with Gasteiger partial charge < -0.3 is 5.73 Å². The van der Waals surface area contributed by atoms with E-state index in [1.54, 1.807) is 0 Å². The van der Waals surface area contributed by atoms with Gasteiger partial charge in [-0.2, -0.15) is 5.10 Å². The van der Waals surface area contributed by atoms with Gasteiger partial charge in [0.2, 0.25) is 0 Å². The molecule has 3 rings (SSSR count). The van der Waals surface area contributed by atoms with Gasteiger partial charge in [-0.15, -0.1) is 0 Å². The van der Waals surface area contributed by atoms with E-state index in [0.29, 0.717) is 4.99 Å². The van der Waals surface area contributed by atoms with Crippen LogP contribution in [0, 0.1) is 6.92 Å². The third-order valence-electron chi connectivity index (χ3n) is 3.35. The lowest BCUT2D eigenvalue weighted by atomic mass is 10.1. The zero-order valence-corrected chi connectivity index (χ0v) is 12.5. The van der Waals surface area contributed by atoms with Crippen molar-refractivity contribution in [1.82, 2.24) is 9.78 Å². The summed E-state index contributed by atoms with van der Waals surface area (Å²) < 4.78 is 1.82. The average molecular weight is 293 g/mol. The maximum absolute atomic E-state index is 5.83. The van der Waals surface area contributed by atoms with Crippen molar-refractivity contribution in [3.63, 3.8) is 0 Å². The Hall–Kier alpha value is -2.46. The lowest BCUT2D eigenvalue weighted by molar-refractivity contribution is 0.878. The number of thiocarbonyl (C=S) groups is 1. The number of hydrogen-bond donors (Lipinski definition) is 1. The number of benzene rings is 2. The molecule has 3 aromatic rings. The molecule has 4 heteroatoms. The fourth-order valence-corrected chi connectivity index (χ4v) is 2.44. The van der Waals surface area contributed by atoms with E-state index in [1.807, 2.05) is 60.4 Å². The Balaban J connectivity index is 2.07. The number of hydrogen-bond acceptors (Lipinski definition) is 2. The van der Waals surface area contributed by atoms with Crippen molar-refractivity contribution in [3.05, 3.63) is 72.1 Å². The molecule has 0 saturated heterocycles. The van der Waals surface area contributed by atoms with Crippen molar-refractivity contribution < 1.29 is 0 Å². The summed E-state index contributed by atoms with van der Waals surface area (Å²) in [5.41, 5.74) is 10.9. The van der Waals surface area contributed by atoms with Crippen LogP contribution in [0.3, 0.4) is 0 Å². The van der Waals surface area contributed by atoms with Crippen LogP contribution in [-0.2, 0) is 0 Å². The van der Waals surface area contributed by atoms with E-state index in [4.69, 9.17) is 18.0 Å². The first-order valence-corrected chi connectivity index (χ1v) is 7.07. The summed E-state index contributed by atoms with van der Waals surface area (Å²) in [6, 6.07) is 16.2. The van der Waals surface area contributed by atoms with Crippen molar-refractivity contribution >= 4 is 17.2 Å². The molecular weight excluding hydrogens is 278 g/mol. The summed E-state index contributed by atoms with van der Waals surface area (Å²) in [7, 11) is 0. The molecule has 104 valence electrons. The number of aromatic nitrogens is 2. The topological polar surface area (TPSA) is 43.8 Å². The molecule has 1 heterocycles. The van der Waals surface area contributed by atoms with Crippen molar-refractivity contribution in [2.45, 2.75) is 6.92 Å². The van der Waals surface area contributed by atoms with Crippen molar-refractivity contribution in [3.8, 4) is 16.8 Å². The van der Waals surface area contributed by atoms with Crippen LogP contribution >= 0.6 is 12.2 Å². The Morgan fingerprint density at radius 1 is 1.10 bits per heavy atom. The van der Waals surface area contributed by atoms with E-state index in [1.165, 1.54) is 0 Å². The Kier molecular flexibility index (Phi) is 3.54. The second-order valence-electron chi connectivity index (χ2n) is 4.92. The van der Waals surface area contributed by atoms with E-state index >= 15 is 0 Å². The molecule has 2 aromatic carbocycles. The fraction of sp³-hybridized carbons (Fsp3) is 0.0588. The maximum atomic E-state index is 5.83. The molecule has 0 aliphatic rings.